The summed E-state index contributed by atoms with van der Waals surface area (Å²) in [5.74, 6) is 0. The van der Waals surface area contributed by atoms with Gasteiger partial charge < -0.3 is 4.98 Å². The maximum absolute atomic E-state index is 4.27. The minimum atomic E-state index is 0.743. The van der Waals surface area contributed by atoms with Crippen molar-refractivity contribution in [3.63, 3.8) is 0 Å². The number of hydrogen-bond donors (Lipinski definition) is 2. The summed E-state index contributed by atoms with van der Waals surface area (Å²) in [6.07, 6.45) is 8.56. The molecule has 0 atom stereocenters. The van der Waals surface area contributed by atoms with E-state index in [0.717, 1.165) is 33.7 Å². The van der Waals surface area contributed by atoms with E-state index >= 15 is 0 Å². The summed E-state index contributed by atoms with van der Waals surface area (Å²) < 4.78 is 0. The Bertz CT molecular complexity index is 828. The van der Waals surface area contributed by atoms with Crippen molar-refractivity contribution in [2.24, 2.45) is 0 Å². The SMILES string of the molecule is c1cnc(-c2cc(-c3cc4ccncc4[nH]3)[nH]n2)cn1. The van der Waals surface area contributed by atoms with E-state index in [9.17, 15) is 0 Å². The molecular formula is C14H10N6. The van der Waals surface area contributed by atoms with E-state index < -0.39 is 0 Å². The Balaban J connectivity index is 1.78. The van der Waals surface area contributed by atoms with Crippen molar-refractivity contribution in [2.75, 3.05) is 0 Å². The van der Waals surface area contributed by atoms with Gasteiger partial charge in [-0.2, -0.15) is 5.10 Å². The van der Waals surface area contributed by atoms with Gasteiger partial charge in [0.05, 0.1) is 29.3 Å². The number of H-pyrrole nitrogens is 2. The molecule has 6 nitrogen and oxygen atoms in total. The average molecular weight is 262 g/mol. The van der Waals surface area contributed by atoms with E-state index in [1.165, 1.54) is 0 Å². The highest BCUT2D eigenvalue weighted by Gasteiger charge is 2.09. The molecule has 0 saturated carbocycles. The van der Waals surface area contributed by atoms with Gasteiger partial charge in [-0.15, -0.1) is 0 Å². The fourth-order valence-corrected chi connectivity index (χ4v) is 2.14. The molecule has 4 heterocycles. The lowest BCUT2D eigenvalue weighted by atomic mass is 10.2. The Hall–Kier alpha value is -3.02. The van der Waals surface area contributed by atoms with Gasteiger partial charge in [-0.3, -0.25) is 20.1 Å². The third-order valence-electron chi connectivity index (χ3n) is 3.12. The van der Waals surface area contributed by atoms with Crippen molar-refractivity contribution in [1.82, 2.24) is 30.1 Å². The van der Waals surface area contributed by atoms with Crippen molar-refractivity contribution in [3.8, 4) is 22.8 Å². The molecule has 0 aromatic carbocycles. The summed E-state index contributed by atoms with van der Waals surface area (Å²) in [7, 11) is 0. The standard InChI is InChI=1S/C14H10N6/c1-2-15-7-13-9(1)5-10(18-13)11-6-12(20-19-11)14-8-16-3-4-17-14/h1-8,18H,(H,19,20). The lowest BCUT2D eigenvalue weighted by Crippen LogP contribution is -1.83. The Labute approximate surface area is 113 Å². The molecule has 4 aromatic rings. The highest BCUT2D eigenvalue weighted by molar-refractivity contribution is 5.84. The fraction of sp³-hybridized carbons (Fsp3) is 0. The van der Waals surface area contributed by atoms with Crippen LogP contribution in [0.1, 0.15) is 0 Å². The normalized spacial score (nSPS) is 11.0. The third-order valence-corrected chi connectivity index (χ3v) is 3.12. The third kappa shape index (κ3) is 1.74. The van der Waals surface area contributed by atoms with Crippen molar-refractivity contribution in [3.05, 3.63) is 49.2 Å². The molecule has 96 valence electrons. The molecule has 0 saturated heterocycles. The number of rotatable bonds is 2. The van der Waals surface area contributed by atoms with Gasteiger partial charge >= 0.3 is 0 Å². The minimum Gasteiger partial charge on any atom is -0.352 e. The Kier molecular flexibility index (Phi) is 2.32. The molecule has 0 spiro atoms. The predicted octanol–water partition coefficient (Wildman–Crippen LogP) is 2.41. The average Bonchev–Trinajstić information content (AvgIpc) is 3.14. The highest BCUT2D eigenvalue weighted by atomic mass is 15.1. The number of aromatic nitrogens is 6. The van der Waals surface area contributed by atoms with Gasteiger partial charge in [-0.25, -0.2) is 0 Å². The minimum absolute atomic E-state index is 0.743. The first-order valence-corrected chi connectivity index (χ1v) is 6.15. The van der Waals surface area contributed by atoms with Crippen LogP contribution >= 0.6 is 0 Å². The molecule has 0 bridgehead atoms. The van der Waals surface area contributed by atoms with Gasteiger partial charge in [0.25, 0.3) is 0 Å². The maximum Gasteiger partial charge on any atom is 0.113 e. The van der Waals surface area contributed by atoms with E-state index in [1.807, 2.05) is 12.1 Å². The zero-order valence-corrected chi connectivity index (χ0v) is 10.4. The fourth-order valence-electron chi connectivity index (χ4n) is 2.14. The van der Waals surface area contributed by atoms with E-state index in [1.54, 1.807) is 31.0 Å². The zero-order chi connectivity index (χ0) is 13.4. The number of hydrogen-bond acceptors (Lipinski definition) is 4. The number of nitrogens with one attached hydrogen (secondary N) is 2. The van der Waals surface area contributed by atoms with Crippen LogP contribution in [0.3, 0.4) is 0 Å². The first-order chi connectivity index (χ1) is 9.90. The molecule has 0 aliphatic heterocycles. The summed E-state index contributed by atoms with van der Waals surface area (Å²) in [5, 5.41) is 8.40. The quantitative estimate of drug-likeness (QED) is 0.581. The Morgan fingerprint density at radius 2 is 1.80 bits per heavy atom. The van der Waals surface area contributed by atoms with Crippen LogP contribution in [-0.2, 0) is 0 Å². The predicted molar refractivity (Wildman–Crippen MR) is 74.7 cm³/mol. The van der Waals surface area contributed by atoms with Crippen molar-refractivity contribution in [2.45, 2.75) is 0 Å². The van der Waals surface area contributed by atoms with Crippen LogP contribution in [0.4, 0.5) is 0 Å². The van der Waals surface area contributed by atoms with E-state index in [-0.39, 0.29) is 0 Å². The van der Waals surface area contributed by atoms with Gasteiger partial charge in [0.1, 0.15) is 11.4 Å². The smallest absolute Gasteiger partial charge is 0.113 e. The lowest BCUT2D eigenvalue weighted by molar-refractivity contribution is 1.08. The van der Waals surface area contributed by atoms with Crippen LogP contribution in [0.5, 0.6) is 0 Å². The van der Waals surface area contributed by atoms with E-state index in [4.69, 9.17) is 0 Å². The van der Waals surface area contributed by atoms with Crippen LogP contribution < -0.4 is 0 Å². The molecule has 2 N–H and O–H groups in total. The highest BCUT2D eigenvalue weighted by Crippen LogP contribution is 2.24. The number of fused-ring (bicyclic) bond motifs is 1. The molecular weight excluding hydrogens is 252 g/mol. The molecule has 6 heteroatoms. The van der Waals surface area contributed by atoms with Crippen LogP contribution in [-0.4, -0.2) is 30.1 Å². The molecule has 4 rings (SSSR count). The molecule has 0 amide bonds. The summed E-state index contributed by atoms with van der Waals surface area (Å²) in [5.41, 5.74) is 4.38. The summed E-state index contributed by atoms with van der Waals surface area (Å²) >= 11 is 0. The van der Waals surface area contributed by atoms with Gasteiger partial charge in [-0.1, -0.05) is 0 Å². The van der Waals surface area contributed by atoms with Crippen molar-refractivity contribution in [1.29, 1.82) is 0 Å². The summed E-state index contributed by atoms with van der Waals surface area (Å²) in [6, 6.07) is 5.97. The molecule has 0 radical (unpaired) electrons. The van der Waals surface area contributed by atoms with Gasteiger partial charge in [-0.05, 0) is 18.2 Å². The first kappa shape index (κ1) is 10.9. The first-order valence-electron chi connectivity index (χ1n) is 6.15. The van der Waals surface area contributed by atoms with Crippen molar-refractivity contribution >= 4 is 10.9 Å². The lowest BCUT2D eigenvalue weighted by Gasteiger charge is -1.91. The summed E-state index contributed by atoms with van der Waals surface area (Å²) in [6.45, 7) is 0. The maximum atomic E-state index is 4.27. The molecule has 0 aliphatic rings. The Morgan fingerprint density at radius 3 is 2.65 bits per heavy atom. The Morgan fingerprint density at radius 1 is 0.850 bits per heavy atom. The zero-order valence-electron chi connectivity index (χ0n) is 10.4. The second-order valence-corrected chi connectivity index (χ2v) is 4.40. The summed E-state index contributed by atoms with van der Waals surface area (Å²) in [4.78, 5) is 15.7. The van der Waals surface area contributed by atoms with E-state index in [2.05, 4.69) is 36.2 Å². The van der Waals surface area contributed by atoms with Crippen LogP contribution in [0.25, 0.3) is 33.7 Å². The van der Waals surface area contributed by atoms with Gasteiger partial charge in [0.15, 0.2) is 0 Å². The molecule has 4 aromatic heterocycles. The van der Waals surface area contributed by atoms with Gasteiger partial charge in [0.2, 0.25) is 0 Å². The van der Waals surface area contributed by atoms with E-state index in [0.29, 0.717) is 0 Å². The second-order valence-electron chi connectivity index (χ2n) is 4.40. The van der Waals surface area contributed by atoms with Crippen LogP contribution in [0, 0.1) is 0 Å². The van der Waals surface area contributed by atoms with Crippen LogP contribution in [0.15, 0.2) is 49.2 Å². The molecule has 0 aliphatic carbocycles. The van der Waals surface area contributed by atoms with Crippen molar-refractivity contribution < 1.29 is 0 Å². The van der Waals surface area contributed by atoms with Crippen LogP contribution in [0.2, 0.25) is 0 Å². The molecule has 0 fully saturated rings. The number of aromatic amines is 2. The largest absolute Gasteiger partial charge is 0.352 e. The number of nitrogens with zero attached hydrogens (tertiary/aromatic N) is 4. The molecule has 20 heavy (non-hydrogen) atoms. The molecule has 0 unspecified atom stereocenters. The monoisotopic (exact) mass is 262 g/mol. The second kappa shape index (κ2) is 4.27. The van der Waals surface area contributed by atoms with Gasteiger partial charge in [0, 0.05) is 24.0 Å². The number of pyridine rings is 1. The topological polar surface area (TPSA) is 83.1 Å².